The van der Waals surface area contributed by atoms with Gasteiger partial charge in [0.15, 0.2) is 0 Å². The molecule has 2 N–H and O–H groups in total. The number of para-hydroxylation sites is 1. The average Bonchev–Trinajstić information content (AvgIpc) is 3.95. The van der Waals surface area contributed by atoms with E-state index in [0.717, 1.165) is 125 Å². The number of alkyl halides is 3. The number of carbonyl (C=O) groups excluding carboxylic acids is 3. The number of piperidine rings is 2. The lowest BCUT2D eigenvalue weighted by Gasteiger charge is -2.49. The van der Waals surface area contributed by atoms with E-state index in [9.17, 15) is 32.3 Å². The Labute approximate surface area is 361 Å². The Morgan fingerprint density at radius 1 is 0.952 bits per heavy atom. The lowest BCUT2D eigenvalue weighted by Crippen LogP contribution is -2.62. The van der Waals surface area contributed by atoms with Gasteiger partial charge in [0.2, 0.25) is 11.8 Å². The first-order valence-corrected chi connectivity index (χ1v) is 22.1. The number of ether oxygens (including phenoxy) is 1. The molecule has 4 aromatic heterocycles. The molecule has 5 aromatic rings. The molecule has 18 heteroatoms. The molecule has 332 valence electrons. The average molecular weight is 869 g/mol. The lowest BCUT2D eigenvalue weighted by atomic mass is 9.82. The van der Waals surface area contributed by atoms with E-state index in [1.807, 2.05) is 23.0 Å². The predicted octanol–water partition coefficient (Wildman–Crippen LogP) is 5.43. The number of imidazole rings is 1. The van der Waals surface area contributed by atoms with Crippen molar-refractivity contribution in [3.63, 3.8) is 0 Å². The highest BCUT2D eigenvalue weighted by Gasteiger charge is 2.50. The quantitative estimate of drug-likeness (QED) is 0.183. The molecule has 3 amide bonds. The van der Waals surface area contributed by atoms with Gasteiger partial charge in [-0.1, -0.05) is 18.2 Å². The lowest BCUT2D eigenvalue weighted by molar-refractivity contribution is -0.141. The summed E-state index contributed by atoms with van der Waals surface area (Å²) in [7, 11) is 1.78. The van der Waals surface area contributed by atoms with Crippen LogP contribution in [0.25, 0.3) is 21.9 Å². The second kappa shape index (κ2) is 16.3. The monoisotopic (exact) mass is 868 g/mol. The highest BCUT2D eigenvalue weighted by molar-refractivity contribution is 6.03. The van der Waals surface area contributed by atoms with Crippen LogP contribution >= 0.6 is 0 Å². The molecule has 63 heavy (non-hydrogen) atoms. The molecule has 2 atom stereocenters. The van der Waals surface area contributed by atoms with E-state index in [1.165, 1.54) is 6.07 Å². The van der Waals surface area contributed by atoms with Crippen LogP contribution < -0.4 is 16.3 Å². The topological polar surface area (TPSA) is 162 Å². The number of carbonyl (C=O) groups is 3. The molecule has 1 aromatic carbocycles. The van der Waals surface area contributed by atoms with Crippen molar-refractivity contribution in [2.45, 2.75) is 87.6 Å². The number of pyridine rings is 2. The summed E-state index contributed by atoms with van der Waals surface area (Å²) >= 11 is 0. The molecule has 2 unspecified atom stereocenters. The summed E-state index contributed by atoms with van der Waals surface area (Å²) in [5.41, 5.74) is 1.71. The number of nitrogens with zero attached hydrogens (tertiary/aromatic N) is 8. The smallest absolute Gasteiger partial charge is 0.372 e. The van der Waals surface area contributed by atoms with Crippen LogP contribution in [0, 0.1) is 11.8 Å². The maximum atomic E-state index is 13.5. The van der Waals surface area contributed by atoms with E-state index in [4.69, 9.17) is 9.84 Å². The van der Waals surface area contributed by atoms with Crippen molar-refractivity contribution < 1.29 is 32.3 Å². The molecule has 8 heterocycles. The van der Waals surface area contributed by atoms with Crippen molar-refractivity contribution in [3.05, 3.63) is 82.3 Å². The van der Waals surface area contributed by atoms with Crippen LogP contribution in [0.2, 0.25) is 0 Å². The van der Waals surface area contributed by atoms with Crippen LogP contribution in [0.3, 0.4) is 0 Å². The zero-order chi connectivity index (χ0) is 43.6. The molecule has 1 spiro atoms. The number of anilines is 1. The third-order valence-corrected chi connectivity index (χ3v) is 14.1. The number of benzene rings is 1. The molecule has 4 saturated heterocycles. The summed E-state index contributed by atoms with van der Waals surface area (Å²) in [6, 6.07) is 10.5. The Bertz CT molecular complexity index is 2630. The summed E-state index contributed by atoms with van der Waals surface area (Å²) < 4.78 is 51.0. The second-order valence-corrected chi connectivity index (χ2v) is 18.5. The zero-order valence-corrected chi connectivity index (χ0v) is 35.1. The predicted molar refractivity (Wildman–Crippen MR) is 226 cm³/mol. The number of aromatic nitrogens is 6. The van der Waals surface area contributed by atoms with Crippen molar-refractivity contribution in [3.8, 4) is 0 Å². The zero-order valence-electron chi connectivity index (χ0n) is 35.1. The van der Waals surface area contributed by atoms with Gasteiger partial charge in [0.05, 0.1) is 35.5 Å². The standard InChI is InChI=1S/C45H51F3N10O5/c1-54-40-32(4-2-6-35(40)58(43(54)62)36-12-13-39(59)52-42(36)61)29-14-16-55(17-15-29)22-28-19-44(63-24-28)25-56(26-44)21-27-8-10-31(11-9-27)57-23-30-18-38(49-20-34(30)53-57)51-41(60)33-5-3-7-37(50-33)45(46,47)48/h2-7,18,20,23,27-29,31,36H,8-17,19,21-22,24-26H2,1H3,(H,51,60)(H,52,59,61)/t27-,28?,31-,36?. The minimum Gasteiger partial charge on any atom is -0.372 e. The Balaban J connectivity index is 0.671. The highest BCUT2D eigenvalue weighted by atomic mass is 19.4. The third kappa shape index (κ3) is 8.16. The third-order valence-electron chi connectivity index (χ3n) is 14.1. The SMILES string of the molecule is Cn1c(=O)n(C2CCC(=O)NC2=O)c2cccc(C3CCN(CC4COC5(C4)CN(C[C@H]4CC[C@H](n6cc7cc(NC(=O)c8cccc(C(F)(F)F)n8)ncc7n6)CC4)C5)CC3)c21. The number of imide groups is 1. The maximum Gasteiger partial charge on any atom is 0.433 e. The number of hydrogen-bond acceptors (Lipinski definition) is 10. The first kappa shape index (κ1) is 41.5. The fraction of sp³-hybridized carbons (Fsp3) is 0.533. The van der Waals surface area contributed by atoms with Gasteiger partial charge in [0.25, 0.3) is 5.91 Å². The molecular formula is C45H51F3N10O5. The normalized spacial score (nSPS) is 24.9. The van der Waals surface area contributed by atoms with Gasteiger partial charge in [0, 0.05) is 51.2 Å². The number of aryl methyl sites for hydroxylation is 1. The van der Waals surface area contributed by atoms with Gasteiger partial charge in [-0.25, -0.2) is 14.8 Å². The molecular weight excluding hydrogens is 818 g/mol. The van der Waals surface area contributed by atoms with Gasteiger partial charge in [-0.05, 0) is 112 Å². The van der Waals surface area contributed by atoms with Crippen molar-refractivity contribution in [2.24, 2.45) is 18.9 Å². The Morgan fingerprint density at radius 2 is 1.71 bits per heavy atom. The summed E-state index contributed by atoms with van der Waals surface area (Å²) in [5.74, 6) is 0.149. The molecule has 15 nitrogen and oxygen atoms in total. The second-order valence-electron chi connectivity index (χ2n) is 18.5. The first-order chi connectivity index (χ1) is 30.3. The Kier molecular flexibility index (Phi) is 10.7. The molecule has 5 aliphatic rings. The van der Waals surface area contributed by atoms with Crippen molar-refractivity contribution in [1.29, 1.82) is 0 Å². The largest absolute Gasteiger partial charge is 0.433 e. The number of hydrogen-bond donors (Lipinski definition) is 2. The molecule has 1 saturated carbocycles. The van der Waals surface area contributed by atoms with Crippen LogP contribution in [-0.2, 0) is 27.5 Å². The van der Waals surface area contributed by atoms with Gasteiger partial charge < -0.3 is 15.0 Å². The minimum absolute atomic E-state index is 0.0402. The van der Waals surface area contributed by atoms with E-state index >= 15 is 0 Å². The van der Waals surface area contributed by atoms with Gasteiger partial charge >= 0.3 is 11.9 Å². The molecule has 1 aliphatic carbocycles. The van der Waals surface area contributed by atoms with Crippen LogP contribution in [-0.4, -0.2) is 108 Å². The summed E-state index contributed by atoms with van der Waals surface area (Å²) in [6.45, 7) is 6.81. The van der Waals surface area contributed by atoms with Crippen LogP contribution in [0.4, 0.5) is 19.0 Å². The maximum absolute atomic E-state index is 13.5. The highest BCUT2D eigenvalue weighted by Crippen LogP contribution is 2.42. The Morgan fingerprint density at radius 3 is 2.48 bits per heavy atom. The molecule has 5 fully saturated rings. The number of rotatable bonds is 9. The molecule has 0 bridgehead atoms. The Hall–Kier alpha value is -5.46. The van der Waals surface area contributed by atoms with Crippen molar-refractivity contribution in [2.75, 3.05) is 51.2 Å². The summed E-state index contributed by atoms with van der Waals surface area (Å²) in [4.78, 5) is 63.5. The van der Waals surface area contributed by atoms with E-state index in [-0.39, 0.29) is 41.2 Å². The number of nitrogens with one attached hydrogen (secondary N) is 2. The van der Waals surface area contributed by atoms with E-state index in [0.29, 0.717) is 29.7 Å². The van der Waals surface area contributed by atoms with Crippen LogP contribution in [0.1, 0.15) is 97.5 Å². The fourth-order valence-corrected chi connectivity index (χ4v) is 11.1. The van der Waals surface area contributed by atoms with E-state index in [2.05, 4.69) is 36.5 Å². The number of likely N-dealkylation sites (tertiary alicyclic amines) is 2. The summed E-state index contributed by atoms with van der Waals surface area (Å²) in [6.07, 6.45) is 6.69. The van der Waals surface area contributed by atoms with Crippen LogP contribution in [0.15, 0.2) is 59.7 Å². The molecule has 4 aliphatic heterocycles. The van der Waals surface area contributed by atoms with Gasteiger partial charge in [-0.2, -0.15) is 18.3 Å². The fourth-order valence-electron chi connectivity index (χ4n) is 11.1. The minimum atomic E-state index is -4.65. The van der Waals surface area contributed by atoms with Crippen molar-refractivity contribution in [1.82, 2.24) is 44.0 Å². The van der Waals surface area contributed by atoms with E-state index < -0.39 is 29.7 Å². The number of halogens is 3. The van der Waals surface area contributed by atoms with Gasteiger partial charge in [0.1, 0.15) is 28.8 Å². The molecule has 0 radical (unpaired) electrons. The summed E-state index contributed by atoms with van der Waals surface area (Å²) in [5, 5.41) is 10.5. The van der Waals surface area contributed by atoms with Crippen LogP contribution in [0.5, 0.6) is 0 Å². The first-order valence-electron chi connectivity index (χ1n) is 22.1. The van der Waals surface area contributed by atoms with Gasteiger partial charge in [-0.3, -0.25) is 38.4 Å². The van der Waals surface area contributed by atoms with Crippen molar-refractivity contribution >= 4 is 45.5 Å². The number of fused-ring (bicyclic) bond motifs is 2. The molecule has 10 rings (SSSR count). The van der Waals surface area contributed by atoms with Gasteiger partial charge in [-0.15, -0.1) is 0 Å². The van der Waals surface area contributed by atoms with E-state index in [1.54, 1.807) is 28.4 Å². The number of amides is 3.